The van der Waals surface area contributed by atoms with Crippen LogP contribution in [0.5, 0.6) is 0 Å². The Morgan fingerprint density at radius 1 is 1.53 bits per heavy atom. The molecule has 106 valence electrons. The van der Waals surface area contributed by atoms with Crippen molar-refractivity contribution in [2.24, 2.45) is 5.92 Å². The number of ether oxygens (including phenoxy) is 1. The van der Waals surface area contributed by atoms with E-state index in [0.29, 0.717) is 24.2 Å². The molecular formula is C13H21N3O3. The number of unbranched alkanes of at least 4 members (excludes halogenated alkanes) is 1. The molecule has 2 rings (SSSR count). The second-order valence-corrected chi connectivity index (χ2v) is 4.99. The minimum atomic E-state index is -0.121. The van der Waals surface area contributed by atoms with E-state index in [1.165, 1.54) is 0 Å². The maximum Gasteiger partial charge on any atom is 0.256 e. The van der Waals surface area contributed by atoms with Gasteiger partial charge in [0.2, 0.25) is 5.91 Å². The van der Waals surface area contributed by atoms with E-state index in [-0.39, 0.29) is 18.4 Å². The van der Waals surface area contributed by atoms with Gasteiger partial charge in [-0.25, -0.2) is 0 Å². The van der Waals surface area contributed by atoms with Crippen molar-refractivity contribution in [2.75, 3.05) is 13.2 Å². The summed E-state index contributed by atoms with van der Waals surface area (Å²) in [5, 5.41) is 6.66. The SMILES string of the molecule is CCCCNC(=O)Cc1noc([C@@H]2OCC[C@@H]2C)n1. The number of hydrogen-bond donors (Lipinski definition) is 1. The molecule has 1 aromatic rings. The first-order valence-corrected chi connectivity index (χ1v) is 6.91. The highest BCUT2D eigenvalue weighted by Crippen LogP contribution is 2.32. The minimum absolute atomic E-state index is 0.0683. The van der Waals surface area contributed by atoms with Gasteiger partial charge in [-0.05, 0) is 18.8 Å². The van der Waals surface area contributed by atoms with Gasteiger partial charge in [-0.3, -0.25) is 4.79 Å². The van der Waals surface area contributed by atoms with E-state index in [1.807, 2.05) is 0 Å². The molecule has 0 aliphatic carbocycles. The molecule has 1 fully saturated rings. The standard InChI is InChI=1S/C13H21N3O3/c1-3-4-6-14-11(17)8-10-15-13(19-16-10)12-9(2)5-7-18-12/h9,12H,3-8H2,1-2H3,(H,14,17)/t9-,12+/m0/s1. The number of amides is 1. The largest absolute Gasteiger partial charge is 0.368 e. The highest BCUT2D eigenvalue weighted by atomic mass is 16.5. The first kappa shape index (κ1) is 14.0. The second kappa shape index (κ2) is 6.65. The Morgan fingerprint density at radius 3 is 3.05 bits per heavy atom. The third-order valence-corrected chi connectivity index (χ3v) is 3.29. The molecule has 0 spiro atoms. The molecule has 1 aromatic heterocycles. The fourth-order valence-corrected chi connectivity index (χ4v) is 2.08. The van der Waals surface area contributed by atoms with Gasteiger partial charge in [-0.15, -0.1) is 0 Å². The third kappa shape index (κ3) is 3.76. The summed E-state index contributed by atoms with van der Waals surface area (Å²) in [6.07, 6.45) is 3.08. The lowest BCUT2D eigenvalue weighted by Crippen LogP contribution is -2.26. The van der Waals surface area contributed by atoms with Crippen LogP contribution in [0.1, 0.15) is 50.9 Å². The first-order chi connectivity index (χ1) is 9.20. The number of carbonyl (C=O) groups is 1. The van der Waals surface area contributed by atoms with E-state index >= 15 is 0 Å². The molecule has 1 amide bonds. The van der Waals surface area contributed by atoms with E-state index in [4.69, 9.17) is 9.26 Å². The highest BCUT2D eigenvalue weighted by molar-refractivity contribution is 5.77. The third-order valence-electron chi connectivity index (χ3n) is 3.29. The van der Waals surface area contributed by atoms with Crippen molar-refractivity contribution in [3.05, 3.63) is 11.7 Å². The lowest BCUT2D eigenvalue weighted by molar-refractivity contribution is -0.120. The van der Waals surface area contributed by atoms with Crippen molar-refractivity contribution in [1.29, 1.82) is 0 Å². The molecule has 6 nitrogen and oxygen atoms in total. The maximum absolute atomic E-state index is 11.6. The van der Waals surface area contributed by atoms with Crippen LogP contribution in [0, 0.1) is 5.92 Å². The zero-order chi connectivity index (χ0) is 13.7. The van der Waals surface area contributed by atoms with Crippen LogP contribution in [0.2, 0.25) is 0 Å². The lowest BCUT2D eigenvalue weighted by atomic mass is 10.0. The number of aromatic nitrogens is 2. The summed E-state index contributed by atoms with van der Waals surface area (Å²) >= 11 is 0. The smallest absolute Gasteiger partial charge is 0.256 e. The number of carbonyl (C=O) groups excluding carboxylic acids is 1. The van der Waals surface area contributed by atoms with Crippen LogP contribution in [0.4, 0.5) is 0 Å². The average molecular weight is 267 g/mol. The Bertz CT molecular complexity index is 419. The van der Waals surface area contributed by atoms with Crippen LogP contribution in [-0.2, 0) is 16.0 Å². The Balaban J connectivity index is 1.85. The zero-order valence-corrected chi connectivity index (χ0v) is 11.5. The second-order valence-electron chi connectivity index (χ2n) is 4.99. The molecule has 6 heteroatoms. The molecule has 0 saturated carbocycles. The average Bonchev–Trinajstić information content (AvgIpc) is 2.98. The molecule has 2 heterocycles. The Hall–Kier alpha value is -1.43. The summed E-state index contributed by atoms with van der Waals surface area (Å²) in [4.78, 5) is 15.9. The van der Waals surface area contributed by atoms with Gasteiger partial charge in [0.15, 0.2) is 5.82 Å². The Kier molecular flexibility index (Phi) is 4.90. The molecule has 19 heavy (non-hydrogen) atoms. The molecule has 1 saturated heterocycles. The van der Waals surface area contributed by atoms with Crippen LogP contribution in [-0.4, -0.2) is 29.2 Å². The lowest BCUT2D eigenvalue weighted by Gasteiger charge is -2.07. The molecule has 0 unspecified atom stereocenters. The van der Waals surface area contributed by atoms with Crippen molar-refractivity contribution in [2.45, 2.75) is 45.6 Å². The van der Waals surface area contributed by atoms with Gasteiger partial charge in [0, 0.05) is 13.2 Å². The minimum Gasteiger partial charge on any atom is -0.368 e. The maximum atomic E-state index is 11.6. The predicted octanol–water partition coefficient (Wildman–Crippen LogP) is 1.63. The van der Waals surface area contributed by atoms with E-state index in [9.17, 15) is 4.79 Å². The van der Waals surface area contributed by atoms with E-state index in [0.717, 1.165) is 25.9 Å². The predicted molar refractivity (Wildman–Crippen MR) is 68.4 cm³/mol. The van der Waals surface area contributed by atoms with Gasteiger partial charge in [-0.2, -0.15) is 4.98 Å². The van der Waals surface area contributed by atoms with Crippen molar-refractivity contribution in [3.8, 4) is 0 Å². The molecule has 0 bridgehead atoms. The molecule has 1 N–H and O–H groups in total. The monoisotopic (exact) mass is 267 g/mol. The topological polar surface area (TPSA) is 77.2 Å². The van der Waals surface area contributed by atoms with Gasteiger partial charge in [-0.1, -0.05) is 25.4 Å². The summed E-state index contributed by atoms with van der Waals surface area (Å²) in [7, 11) is 0. The number of nitrogens with one attached hydrogen (secondary N) is 1. The van der Waals surface area contributed by atoms with Crippen molar-refractivity contribution < 1.29 is 14.1 Å². The van der Waals surface area contributed by atoms with Gasteiger partial charge >= 0.3 is 0 Å². The van der Waals surface area contributed by atoms with Crippen LogP contribution in [0.3, 0.4) is 0 Å². The molecule has 2 atom stereocenters. The number of rotatable bonds is 6. The zero-order valence-electron chi connectivity index (χ0n) is 11.5. The normalized spacial score (nSPS) is 22.6. The first-order valence-electron chi connectivity index (χ1n) is 6.91. The van der Waals surface area contributed by atoms with Gasteiger partial charge < -0.3 is 14.6 Å². The fraction of sp³-hybridized carbons (Fsp3) is 0.769. The summed E-state index contributed by atoms with van der Waals surface area (Å²) in [5.41, 5.74) is 0. The van der Waals surface area contributed by atoms with Crippen LogP contribution < -0.4 is 5.32 Å². The molecule has 0 radical (unpaired) electrons. The van der Waals surface area contributed by atoms with Crippen LogP contribution in [0.15, 0.2) is 4.52 Å². The summed E-state index contributed by atoms with van der Waals surface area (Å²) < 4.78 is 10.7. The number of nitrogens with zero attached hydrogens (tertiary/aromatic N) is 2. The van der Waals surface area contributed by atoms with Gasteiger partial charge in [0.1, 0.15) is 6.10 Å². The fourth-order valence-electron chi connectivity index (χ4n) is 2.08. The van der Waals surface area contributed by atoms with E-state index in [1.54, 1.807) is 0 Å². The highest BCUT2D eigenvalue weighted by Gasteiger charge is 2.30. The molecule has 1 aliphatic heterocycles. The summed E-state index contributed by atoms with van der Waals surface area (Å²) in [5.74, 6) is 1.22. The van der Waals surface area contributed by atoms with Crippen LogP contribution >= 0.6 is 0 Å². The van der Waals surface area contributed by atoms with Gasteiger partial charge in [0.05, 0.1) is 6.42 Å². The van der Waals surface area contributed by atoms with Gasteiger partial charge in [0.25, 0.3) is 5.89 Å². The molecule has 0 aromatic carbocycles. The quantitative estimate of drug-likeness (QED) is 0.793. The molecule has 1 aliphatic rings. The summed E-state index contributed by atoms with van der Waals surface area (Å²) in [6, 6.07) is 0. The van der Waals surface area contributed by atoms with E-state index in [2.05, 4.69) is 29.3 Å². The summed E-state index contributed by atoms with van der Waals surface area (Å²) in [6.45, 7) is 5.60. The van der Waals surface area contributed by atoms with Crippen molar-refractivity contribution in [3.63, 3.8) is 0 Å². The number of hydrogen-bond acceptors (Lipinski definition) is 5. The Morgan fingerprint density at radius 2 is 2.37 bits per heavy atom. The molecular weight excluding hydrogens is 246 g/mol. The van der Waals surface area contributed by atoms with Crippen molar-refractivity contribution in [1.82, 2.24) is 15.5 Å². The van der Waals surface area contributed by atoms with Crippen LogP contribution in [0.25, 0.3) is 0 Å². The Labute approximate surface area is 112 Å². The van der Waals surface area contributed by atoms with Crippen molar-refractivity contribution >= 4 is 5.91 Å². The van der Waals surface area contributed by atoms with E-state index < -0.39 is 0 Å².